The summed E-state index contributed by atoms with van der Waals surface area (Å²) in [6, 6.07) is 9.29. The second kappa shape index (κ2) is 9.14. The molecule has 9 heteroatoms. The van der Waals surface area contributed by atoms with Gasteiger partial charge in [0.2, 0.25) is 5.13 Å². The molecule has 2 heterocycles. The molecule has 0 spiro atoms. The number of hydrogen-bond acceptors (Lipinski definition) is 6. The standard InChI is InChI=1S/C17H21N5O3S/c23-15(20-16-21-19-12-26-16)18-9-14-7-4-8-22(10-14)17(24)25-11-13-5-2-1-3-6-13/h1-3,5-6,12,14H,4,7-11H2,(H2,18,20,21,23). The van der Waals surface area contributed by atoms with Crippen LogP contribution < -0.4 is 10.6 Å². The van der Waals surface area contributed by atoms with Crippen LogP contribution >= 0.6 is 11.3 Å². The van der Waals surface area contributed by atoms with E-state index >= 15 is 0 Å². The fraction of sp³-hybridized carbons (Fsp3) is 0.412. The Morgan fingerprint density at radius 3 is 2.92 bits per heavy atom. The number of rotatable bonds is 5. The Morgan fingerprint density at radius 1 is 1.31 bits per heavy atom. The first-order chi connectivity index (χ1) is 12.7. The van der Waals surface area contributed by atoms with Crippen molar-refractivity contribution in [1.82, 2.24) is 20.4 Å². The molecule has 1 aromatic heterocycles. The molecule has 0 bridgehead atoms. The number of amides is 3. The summed E-state index contributed by atoms with van der Waals surface area (Å²) in [6.45, 7) is 2.02. The Bertz CT molecular complexity index is 710. The fourth-order valence-electron chi connectivity index (χ4n) is 2.81. The largest absolute Gasteiger partial charge is 0.445 e. The van der Waals surface area contributed by atoms with Gasteiger partial charge >= 0.3 is 12.1 Å². The van der Waals surface area contributed by atoms with E-state index in [1.165, 1.54) is 11.3 Å². The normalized spacial score (nSPS) is 16.8. The molecule has 1 unspecified atom stereocenters. The number of nitrogens with one attached hydrogen (secondary N) is 2. The average molecular weight is 375 g/mol. The number of carbonyl (C=O) groups excluding carboxylic acids is 2. The Kier molecular flexibility index (Phi) is 6.37. The SMILES string of the molecule is O=C(NCC1CCCN(C(=O)OCc2ccccc2)C1)Nc1nncs1. The summed E-state index contributed by atoms with van der Waals surface area (Å²) >= 11 is 1.26. The molecule has 3 rings (SSSR count). The molecule has 1 aliphatic heterocycles. The summed E-state index contributed by atoms with van der Waals surface area (Å²) in [5, 5.41) is 13.3. The van der Waals surface area contributed by atoms with Crippen LogP contribution in [0.3, 0.4) is 0 Å². The number of ether oxygens (including phenoxy) is 1. The summed E-state index contributed by atoms with van der Waals surface area (Å²) in [7, 11) is 0. The van der Waals surface area contributed by atoms with E-state index in [-0.39, 0.29) is 24.6 Å². The molecule has 1 fully saturated rings. The quantitative estimate of drug-likeness (QED) is 0.838. The first kappa shape index (κ1) is 18.1. The van der Waals surface area contributed by atoms with Crippen molar-refractivity contribution >= 4 is 28.6 Å². The minimum Gasteiger partial charge on any atom is -0.445 e. The van der Waals surface area contributed by atoms with Gasteiger partial charge in [0.1, 0.15) is 12.1 Å². The van der Waals surface area contributed by atoms with E-state index in [9.17, 15) is 9.59 Å². The van der Waals surface area contributed by atoms with Crippen molar-refractivity contribution < 1.29 is 14.3 Å². The van der Waals surface area contributed by atoms with Gasteiger partial charge in [0.15, 0.2) is 0 Å². The highest BCUT2D eigenvalue weighted by Gasteiger charge is 2.25. The van der Waals surface area contributed by atoms with E-state index < -0.39 is 0 Å². The highest BCUT2D eigenvalue weighted by Crippen LogP contribution is 2.17. The summed E-state index contributed by atoms with van der Waals surface area (Å²) in [6.07, 6.45) is 1.55. The van der Waals surface area contributed by atoms with E-state index in [0.717, 1.165) is 18.4 Å². The van der Waals surface area contributed by atoms with Gasteiger partial charge in [-0.2, -0.15) is 0 Å². The van der Waals surface area contributed by atoms with E-state index in [4.69, 9.17) is 4.74 Å². The van der Waals surface area contributed by atoms with Gasteiger partial charge in [0, 0.05) is 19.6 Å². The van der Waals surface area contributed by atoms with Crippen LogP contribution in [0.5, 0.6) is 0 Å². The van der Waals surface area contributed by atoms with Crippen molar-refractivity contribution in [2.24, 2.45) is 5.92 Å². The molecule has 26 heavy (non-hydrogen) atoms. The monoisotopic (exact) mass is 375 g/mol. The third kappa shape index (κ3) is 5.41. The van der Waals surface area contributed by atoms with Crippen molar-refractivity contribution in [3.63, 3.8) is 0 Å². The van der Waals surface area contributed by atoms with Crippen LogP contribution in [0.25, 0.3) is 0 Å². The average Bonchev–Trinajstić information content (AvgIpc) is 3.18. The molecule has 0 saturated carbocycles. The maximum Gasteiger partial charge on any atom is 0.410 e. The predicted octanol–water partition coefficient (Wildman–Crippen LogP) is 2.71. The second-order valence-electron chi connectivity index (χ2n) is 6.07. The zero-order valence-electron chi connectivity index (χ0n) is 14.3. The number of benzene rings is 1. The topological polar surface area (TPSA) is 96.5 Å². The van der Waals surface area contributed by atoms with Gasteiger partial charge in [0.25, 0.3) is 0 Å². The molecule has 1 aromatic carbocycles. The van der Waals surface area contributed by atoms with Crippen molar-refractivity contribution in [3.05, 3.63) is 41.4 Å². The zero-order chi connectivity index (χ0) is 18.2. The van der Waals surface area contributed by atoms with Crippen molar-refractivity contribution in [1.29, 1.82) is 0 Å². The van der Waals surface area contributed by atoms with Crippen LogP contribution in [0.1, 0.15) is 18.4 Å². The molecular weight excluding hydrogens is 354 g/mol. The highest BCUT2D eigenvalue weighted by molar-refractivity contribution is 7.13. The van der Waals surface area contributed by atoms with Crippen LogP contribution in [0.2, 0.25) is 0 Å². The van der Waals surface area contributed by atoms with Gasteiger partial charge in [-0.3, -0.25) is 5.32 Å². The molecule has 3 amide bonds. The van der Waals surface area contributed by atoms with Gasteiger partial charge in [-0.05, 0) is 24.3 Å². The maximum absolute atomic E-state index is 12.3. The summed E-state index contributed by atoms with van der Waals surface area (Å²) in [4.78, 5) is 25.8. The molecule has 0 aliphatic carbocycles. The molecule has 2 aromatic rings. The van der Waals surface area contributed by atoms with Gasteiger partial charge in [-0.15, -0.1) is 10.2 Å². The first-order valence-corrected chi connectivity index (χ1v) is 9.35. The highest BCUT2D eigenvalue weighted by atomic mass is 32.1. The minimum absolute atomic E-state index is 0.202. The molecular formula is C17H21N5O3S. The van der Waals surface area contributed by atoms with Crippen molar-refractivity contribution in [2.45, 2.75) is 19.4 Å². The predicted molar refractivity (Wildman–Crippen MR) is 97.9 cm³/mol. The summed E-state index contributed by atoms with van der Waals surface area (Å²) in [5.74, 6) is 0.202. The Morgan fingerprint density at radius 2 is 2.15 bits per heavy atom. The van der Waals surface area contributed by atoms with Gasteiger partial charge < -0.3 is 15.0 Å². The lowest BCUT2D eigenvalue weighted by Crippen LogP contribution is -2.44. The third-order valence-electron chi connectivity index (χ3n) is 4.11. The number of nitrogens with zero attached hydrogens (tertiary/aromatic N) is 3. The van der Waals surface area contributed by atoms with E-state index in [0.29, 0.717) is 24.8 Å². The number of anilines is 1. The molecule has 1 atom stereocenters. The fourth-order valence-corrected chi connectivity index (χ4v) is 3.25. The molecule has 138 valence electrons. The van der Waals surface area contributed by atoms with Gasteiger partial charge in [-0.25, -0.2) is 9.59 Å². The van der Waals surface area contributed by atoms with E-state index in [1.54, 1.807) is 10.4 Å². The zero-order valence-corrected chi connectivity index (χ0v) is 15.1. The molecule has 8 nitrogen and oxygen atoms in total. The summed E-state index contributed by atoms with van der Waals surface area (Å²) < 4.78 is 5.39. The number of aromatic nitrogens is 2. The lowest BCUT2D eigenvalue weighted by atomic mass is 9.98. The van der Waals surface area contributed by atoms with Gasteiger partial charge in [-0.1, -0.05) is 41.7 Å². The molecule has 1 saturated heterocycles. The van der Waals surface area contributed by atoms with Crippen molar-refractivity contribution in [2.75, 3.05) is 25.0 Å². The maximum atomic E-state index is 12.3. The second-order valence-corrected chi connectivity index (χ2v) is 6.91. The number of hydrogen-bond donors (Lipinski definition) is 2. The number of carbonyl (C=O) groups is 2. The third-order valence-corrected chi connectivity index (χ3v) is 4.72. The van der Waals surface area contributed by atoms with Crippen LogP contribution in [0, 0.1) is 5.92 Å². The van der Waals surface area contributed by atoms with Crippen LogP contribution in [0.4, 0.5) is 14.7 Å². The Hall–Kier alpha value is -2.68. The Labute approximate surface area is 155 Å². The number of urea groups is 1. The smallest absolute Gasteiger partial charge is 0.410 e. The first-order valence-electron chi connectivity index (χ1n) is 8.47. The Balaban J connectivity index is 1.40. The number of piperidine rings is 1. The van der Waals surface area contributed by atoms with Crippen LogP contribution in [0.15, 0.2) is 35.8 Å². The van der Waals surface area contributed by atoms with Gasteiger partial charge in [0.05, 0.1) is 0 Å². The van der Waals surface area contributed by atoms with Crippen molar-refractivity contribution in [3.8, 4) is 0 Å². The van der Waals surface area contributed by atoms with Crippen LogP contribution in [-0.4, -0.2) is 46.9 Å². The lowest BCUT2D eigenvalue weighted by Gasteiger charge is -2.32. The number of likely N-dealkylation sites (tertiary alicyclic amines) is 1. The lowest BCUT2D eigenvalue weighted by molar-refractivity contribution is 0.0793. The van der Waals surface area contributed by atoms with E-state index in [1.807, 2.05) is 30.3 Å². The minimum atomic E-state index is -0.314. The van der Waals surface area contributed by atoms with Crippen LogP contribution in [-0.2, 0) is 11.3 Å². The van der Waals surface area contributed by atoms with E-state index in [2.05, 4.69) is 20.8 Å². The molecule has 0 radical (unpaired) electrons. The summed E-state index contributed by atoms with van der Waals surface area (Å²) in [5.41, 5.74) is 2.51. The molecule has 1 aliphatic rings. The molecule has 2 N–H and O–H groups in total.